The van der Waals surface area contributed by atoms with E-state index in [9.17, 15) is 4.79 Å². The van der Waals surface area contributed by atoms with E-state index >= 15 is 0 Å². The first-order valence-electron chi connectivity index (χ1n) is 6.05. The quantitative estimate of drug-likeness (QED) is 0.806. The van der Waals surface area contributed by atoms with Crippen molar-refractivity contribution in [2.45, 2.75) is 10.9 Å². The third kappa shape index (κ3) is 3.77. The zero-order chi connectivity index (χ0) is 14.5. The van der Waals surface area contributed by atoms with Gasteiger partial charge in [-0.2, -0.15) is 0 Å². The molecule has 0 radical (unpaired) electrons. The molecule has 0 aliphatic rings. The predicted octanol–water partition coefficient (Wildman–Crippen LogP) is 3.81. The fourth-order valence-electron chi connectivity index (χ4n) is 1.83. The Bertz CT molecular complexity index is 584. The molecule has 0 aliphatic heterocycles. The topological polar surface area (TPSA) is 55.1 Å². The van der Waals surface area contributed by atoms with Gasteiger partial charge in [-0.05, 0) is 48.2 Å². The van der Waals surface area contributed by atoms with Gasteiger partial charge in [-0.3, -0.25) is 4.79 Å². The molecule has 2 aromatic rings. The van der Waals surface area contributed by atoms with Gasteiger partial charge in [-0.1, -0.05) is 28.1 Å². The Kier molecular flexibility index (Phi) is 5.09. The minimum atomic E-state index is -0.535. The highest BCUT2D eigenvalue weighted by molar-refractivity contribution is 9.10. The number of carbonyl (C=O) groups excluding carboxylic acids is 1. The van der Waals surface area contributed by atoms with E-state index in [-0.39, 0.29) is 0 Å². The number of benzene rings is 2. The maximum Gasteiger partial charge on any atom is 0.244 e. The summed E-state index contributed by atoms with van der Waals surface area (Å²) in [6, 6.07) is 14.9. The summed E-state index contributed by atoms with van der Waals surface area (Å²) in [6.07, 6.45) is 2.01. The second-order valence-electron chi connectivity index (χ2n) is 4.26. The average Bonchev–Trinajstić information content (AvgIpc) is 2.46. The van der Waals surface area contributed by atoms with E-state index < -0.39 is 11.9 Å². The summed E-state index contributed by atoms with van der Waals surface area (Å²) >= 11 is 5.04. The first kappa shape index (κ1) is 14.9. The molecule has 0 spiro atoms. The normalized spacial score (nSPS) is 11.9. The lowest BCUT2D eigenvalue weighted by molar-refractivity contribution is -0.118. The van der Waals surface area contributed by atoms with E-state index in [1.807, 2.05) is 54.8 Å². The molecule has 1 amide bonds. The molecule has 1 unspecified atom stereocenters. The minimum absolute atomic E-state index is 0.398. The van der Waals surface area contributed by atoms with Gasteiger partial charge < -0.3 is 11.1 Å². The summed E-state index contributed by atoms with van der Waals surface area (Å²) in [5, 5.41) is 3.16. The molecule has 20 heavy (non-hydrogen) atoms. The Morgan fingerprint density at radius 1 is 1.15 bits per heavy atom. The minimum Gasteiger partial charge on any atom is -0.370 e. The van der Waals surface area contributed by atoms with Gasteiger partial charge in [0.25, 0.3) is 0 Å². The number of amides is 1. The number of thioether (sulfide) groups is 1. The van der Waals surface area contributed by atoms with Crippen LogP contribution in [-0.2, 0) is 4.79 Å². The number of carbonyl (C=O) groups is 1. The van der Waals surface area contributed by atoms with Gasteiger partial charge in [0.05, 0.1) is 0 Å². The molecule has 0 saturated heterocycles. The number of anilines is 1. The Morgan fingerprint density at radius 2 is 1.75 bits per heavy atom. The van der Waals surface area contributed by atoms with Crippen LogP contribution in [0.25, 0.3) is 0 Å². The van der Waals surface area contributed by atoms with Crippen molar-refractivity contribution in [1.29, 1.82) is 0 Å². The summed E-state index contributed by atoms with van der Waals surface area (Å²) < 4.78 is 0.989. The van der Waals surface area contributed by atoms with Crippen LogP contribution < -0.4 is 11.1 Å². The molecule has 0 aliphatic carbocycles. The Hall–Kier alpha value is -1.46. The first-order chi connectivity index (χ1) is 9.60. The molecule has 3 N–H and O–H groups in total. The standard InChI is InChI=1S/C15H15BrN2OS/c1-20-13-8-2-10(3-9-13)14(15(17)19)18-12-6-4-11(16)5-7-12/h2-9,14,18H,1H3,(H2,17,19). The number of hydrogen-bond donors (Lipinski definition) is 2. The average molecular weight is 351 g/mol. The van der Waals surface area contributed by atoms with Crippen LogP contribution in [0, 0.1) is 0 Å². The molecular weight excluding hydrogens is 336 g/mol. The van der Waals surface area contributed by atoms with Crippen molar-refractivity contribution in [1.82, 2.24) is 0 Å². The SMILES string of the molecule is CSc1ccc(C(Nc2ccc(Br)cc2)C(N)=O)cc1. The molecule has 0 bridgehead atoms. The van der Waals surface area contributed by atoms with Gasteiger partial charge in [0, 0.05) is 15.1 Å². The van der Waals surface area contributed by atoms with Crippen molar-refractivity contribution < 1.29 is 4.79 Å². The fourth-order valence-corrected chi connectivity index (χ4v) is 2.50. The second-order valence-corrected chi connectivity index (χ2v) is 6.06. The number of nitrogens with two attached hydrogens (primary N) is 1. The van der Waals surface area contributed by atoms with Crippen molar-refractivity contribution in [2.75, 3.05) is 11.6 Å². The van der Waals surface area contributed by atoms with E-state index in [1.165, 1.54) is 0 Å². The van der Waals surface area contributed by atoms with Crippen LogP contribution in [0.4, 0.5) is 5.69 Å². The maximum atomic E-state index is 11.7. The number of halogens is 1. The van der Waals surface area contributed by atoms with Crippen molar-refractivity contribution in [3.8, 4) is 0 Å². The molecule has 2 rings (SSSR count). The molecule has 0 heterocycles. The molecule has 5 heteroatoms. The smallest absolute Gasteiger partial charge is 0.244 e. The summed E-state index contributed by atoms with van der Waals surface area (Å²) in [7, 11) is 0. The number of nitrogens with one attached hydrogen (secondary N) is 1. The van der Waals surface area contributed by atoms with E-state index in [1.54, 1.807) is 11.8 Å². The van der Waals surface area contributed by atoms with Crippen LogP contribution in [0.1, 0.15) is 11.6 Å². The van der Waals surface area contributed by atoms with Gasteiger partial charge in [-0.15, -0.1) is 11.8 Å². The van der Waals surface area contributed by atoms with Crippen molar-refractivity contribution in [2.24, 2.45) is 5.73 Å². The highest BCUT2D eigenvalue weighted by atomic mass is 79.9. The lowest BCUT2D eigenvalue weighted by Crippen LogP contribution is -2.27. The number of hydrogen-bond acceptors (Lipinski definition) is 3. The Labute approximate surface area is 131 Å². The van der Waals surface area contributed by atoms with E-state index in [2.05, 4.69) is 21.2 Å². The van der Waals surface area contributed by atoms with E-state index in [4.69, 9.17) is 5.73 Å². The summed E-state index contributed by atoms with van der Waals surface area (Å²) in [4.78, 5) is 12.8. The highest BCUT2D eigenvalue weighted by Gasteiger charge is 2.17. The van der Waals surface area contributed by atoms with Crippen LogP contribution in [0.3, 0.4) is 0 Å². The van der Waals surface area contributed by atoms with Crippen LogP contribution in [-0.4, -0.2) is 12.2 Å². The molecule has 2 aromatic carbocycles. The third-order valence-electron chi connectivity index (χ3n) is 2.89. The Balaban J connectivity index is 2.22. The van der Waals surface area contributed by atoms with E-state index in [0.717, 1.165) is 20.6 Å². The van der Waals surface area contributed by atoms with Crippen LogP contribution in [0.2, 0.25) is 0 Å². The van der Waals surface area contributed by atoms with Crippen LogP contribution in [0.15, 0.2) is 57.9 Å². The van der Waals surface area contributed by atoms with Gasteiger partial charge in [-0.25, -0.2) is 0 Å². The van der Waals surface area contributed by atoms with Crippen molar-refractivity contribution in [3.05, 3.63) is 58.6 Å². The third-order valence-corrected chi connectivity index (χ3v) is 4.16. The maximum absolute atomic E-state index is 11.7. The van der Waals surface area contributed by atoms with Crippen LogP contribution >= 0.6 is 27.7 Å². The number of primary amides is 1. The molecular formula is C15H15BrN2OS. The van der Waals surface area contributed by atoms with Gasteiger partial charge in [0.15, 0.2) is 0 Å². The molecule has 0 saturated carbocycles. The van der Waals surface area contributed by atoms with Crippen molar-refractivity contribution in [3.63, 3.8) is 0 Å². The monoisotopic (exact) mass is 350 g/mol. The lowest BCUT2D eigenvalue weighted by atomic mass is 10.1. The molecule has 3 nitrogen and oxygen atoms in total. The molecule has 104 valence electrons. The fraction of sp³-hybridized carbons (Fsp3) is 0.133. The van der Waals surface area contributed by atoms with Gasteiger partial charge in [0.1, 0.15) is 6.04 Å². The number of rotatable bonds is 5. The second kappa shape index (κ2) is 6.81. The zero-order valence-corrected chi connectivity index (χ0v) is 13.4. The van der Waals surface area contributed by atoms with Crippen molar-refractivity contribution >= 4 is 39.3 Å². The van der Waals surface area contributed by atoms with Crippen LogP contribution in [0.5, 0.6) is 0 Å². The van der Waals surface area contributed by atoms with Gasteiger partial charge in [0.2, 0.25) is 5.91 Å². The Morgan fingerprint density at radius 3 is 2.25 bits per heavy atom. The molecule has 0 aromatic heterocycles. The summed E-state index contributed by atoms with van der Waals surface area (Å²) in [5.41, 5.74) is 7.21. The zero-order valence-electron chi connectivity index (χ0n) is 11.0. The molecule has 0 fully saturated rings. The van der Waals surface area contributed by atoms with Gasteiger partial charge >= 0.3 is 0 Å². The lowest BCUT2D eigenvalue weighted by Gasteiger charge is -2.17. The largest absolute Gasteiger partial charge is 0.370 e. The van der Waals surface area contributed by atoms with E-state index in [0.29, 0.717) is 0 Å². The predicted molar refractivity (Wildman–Crippen MR) is 87.9 cm³/mol. The highest BCUT2D eigenvalue weighted by Crippen LogP contribution is 2.23. The summed E-state index contributed by atoms with van der Waals surface area (Å²) in [5.74, 6) is -0.398. The first-order valence-corrected chi connectivity index (χ1v) is 8.07. The molecule has 1 atom stereocenters. The summed E-state index contributed by atoms with van der Waals surface area (Å²) in [6.45, 7) is 0.